The third kappa shape index (κ3) is 3.97. The van der Waals surface area contributed by atoms with Gasteiger partial charge < -0.3 is 0 Å². The second-order valence-electron chi connectivity index (χ2n) is 11.8. The van der Waals surface area contributed by atoms with Crippen molar-refractivity contribution in [2.45, 2.75) is 80.1 Å². The largest absolute Gasteiger partial charge is 0.279 e. The van der Waals surface area contributed by atoms with Crippen molar-refractivity contribution in [2.75, 3.05) is 0 Å². The number of nitrogens with zero attached hydrogens (tertiary/aromatic N) is 4. The zero-order chi connectivity index (χ0) is 27.4. The molecule has 1 saturated carbocycles. The molecule has 1 unspecified atom stereocenters. The van der Waals surface area contributed by atoms with Crippen LogP contribution in [-0.4, -0.2) is 14.8 Å². The SMILES string of the molecule is CCC[C@]1(C)CC1(C)c1ccccc1-c1nnc(C)n1-c1c(C)cc(-c2cc(C)c(C#N)c(C)c2)cc1C. The smallest absolute Gasteiger partial charge is 0.168 e. The molecule has 5 rings (SSSR count). The highest BCUT2D eigenvalue weighted by Gasteiger charge is 2.61. The second kappa shape index (κ2) is 9.24. The number of hydrogen-bond donors (Lipinski definition) is 0. The molecule has 3 aromatic carbocycles. The van der Waals surface area contributed by atoms with Gasteiger partial charge in [-0.25, -0.2) is 0 Å². The van der Waals surface area contributed by atoms with E-state index in [1.165, 1.54) is 41.5 Å². The van der Waals surface area contributed by atoms with E-state index in [2.05, 4.69) is 98.9 Å². The Bertz CT molecular complexity index is 1560. The first kappa shape index (κ1) is 25.9. The van der Waals surface area contributed by atoms with Crippen LogP contribution in [0.25, 0.3) is 28.2 Å². The summed E-state index contributed by atoms with van der Waals surface area (Å²) < 4.78 is 2.24. The van der Waals surface area contributed by atoms with Crippen LogP contribution >= 0.6 is 0 Å². The van der Waals surface area contributed by atoms with Gasteiger partial charge in [0.15, 0.2) is 5.82 Å². The average Bonchev–Trinajstić information content (AvgIpc) is 3.21. The topological polar surface area (TPSA) is 54.5 Å². The van der Waals surface area contributed by atoms with E-state index in [-0.39, 0.29) is 5.41 Å². The monoisotopic (exact) mass is 502 g/mol. The van der Waals surface area contributed by atoms with E-state index in [4.69, 9.17) is 5.10 Å². The first-order chi connectivity index (χ1) is 18.0. The van der Waals surface area contributed by atoms with Crippen molar-refractivity contribution in [1.29, 1.82) is 5.26 Å². The number of aryl methyl sites for hydroxylation is 5. The van der Waals surface area contributed by atoms with Gasteiger partial charge in [-0.1, -0.05) is 63.6 Å². The van der Waals surface area contributed by atoms with Crippen LogP contribution in [0, 0.1) is 51.4 Å². The summed E-state index contributed by atoms with van der Waals surface area (Å²) in [5, 5.41) is 18.8. The molecule has 0 aliphatic heterocycles. The Morgan fingerprint density at radius 2 is 1.45 bits per heavy atom. The van der Waals surface area contributed by atoms with Gasteiger partial charge in [0.05, 0.1) is 17.3 Å². The lowest BCUT2D eigenvalue weighted by Crippen LogP contribution is -2.15. The van der Waals surface area contributed by atoms with Crippen LogP contribution in [0.5, 0.6) is 0 Å². The van der Waals surface area contributed by atoms with Gasteiger partial charge in [-0.05, 0) is 109 Å². The highest BCUT2D eigenvalue weighted by Crippen LogP contribution is 2.67. The Morgan fingerprint density at radius 1 is 0.868 bits per heavy atom. The van der Waals surface area contributed by atoms with E-state index in [1.54, 1.807) is 0 Å². The van der Waals surface area contributed by atoms with Crippen LogP contribution in [-0.2, 0) is 5.41 Å². The summed E-state index contributed by atoms with van der Waals surface area (Å²) in [6, 6.07) is 19.9. The molecule has 4 nitrogen and oxygen atoms in total. The number of aromatic nitrogens is 3. The maximum atomic E-state index is 9.50. The quantitative estimate of drug-likeness (QED) is 0.266. The number of rotatable bonds is 6. The van der Waals surface area contributed by atoms with E-state index in [0.717, 1.165) is 45.2 Å². The van der Waals surface area contributed by atoms with Crippen LogP contribution in [0.3, 0.4) is 0 Å². The number of hydrogen-bond acceptors (Lipinski definition) is 3. The molecule has 0 radical (unpaired) electrons. The molecule has 1 heterocycles. The summed E-state index contributed by atoms with van der Waals surface area (Å²) in [4.78, 5) is 0. The van der Waals surface area contributed by atoms with Crippen LogP contribution in [0.1, 0.15) is 79.2 Å². The van der Waals surface area contributed by atoms with Crippen molar-refractivity contribution in [2.24, 2.45) is 5.41 Å². The minimum atomic E-state index is 0.142. The van der Waals surface area contributed by atoms with Crippen LogP contribution in [0.4, 0.5) is 0 Å². The lowest BCUT2D eigenvalue weighted by atomic mass is 9.83. The highest BCUT2D eigenvalue weighted by atomic mass is 15.3. The fraction of sp³-hybridized carbons (Fsp3) is 0.382. The molecule has 2 atom stereocenters. The Hall–Kier alpha value is -3.71. The van der Waals surface area contributed by atoms with Crippen molar-refractivity contribution in [3.8, 4) is 34.3 Å². The Balaban J connectivity index is 1.64. The van der Waals surface area contributed by atoms with E-state index < -0.39 is 0 Å². The lowest BCUT2D eigenvalue weighted by Gasteiger charge is -2.23. The summed E-state index contributed by atoms with van der Waals surface area (Å²) >= 11 is 0. The van der Waals surface area contributed by atoms with Gasteiger partial charge in [-0.15, -0.1) is 10.2 Å². The Morgan fingerprint density at radius 3 is 2.03 bits per heavy atom. The summed E-state index contributed by atoms with van der Waals surface area (Å²) in [5.41, 5.74) is 11.6. The molecule has 0 bridgehead atoms. The zero-order valence-electron chi connectivity index (χ0n) is 24.0. The number of nitriles is 1. The maximum Gasteiger partial charge on any atom is 0.168 e. The van der Waals surface area contributed by atoms with Crippen LogP contribution in [0.2, 0.25) is 0 Å². The summed E-state index contributed by atoms with van der Waals surface area (Å²) in [6.07, 6.45) is 3.64. The van der Waals surface area contributed by atoms with Gasteiger partial charge >= 0.3 is 0 Å². The molecule has 4 aromatic rings. The average molecular weight is 503 g/mol. The first-order valence-electron chi connectivity index (χ1n) is 13.7. The molecular weight excluding hydrogens is 464 g/mol. The molecule has 1 aliphatic rings. The second-order valence-corrected chi connectivity index (χ2v) is 11.8. The predicted molar refractivity (Wildman–Crippen MR) is 156 cm³/mol. The minimum absolute atomic E-state index is 0.142. The third-order valence-corrected chi connectivity index (χ3v) is 9.03. The van der Waals surface area contributed by atoms with E-state index >= 15 is 0 Å². The van der Waals surface area contributed by atoms with E-state index in [9.17, 15) is 5.26 Å². The Labute approximate surface area is 227 Å². The molecule has 0 amide bonds. The van der Waals surface area contributed by atoms with Gasteiger partial charge in [0.25, 0.3) is 0 Å². The summed E-state index contributed by atoms with van der Waals surface area (Å²) in [6.45, 7) is 17.5. The van der Waals surface area contributed by atoms with Crippen molar-refractivity contribution in [1.82, 2.24) is 14.8 Å². The van der Waals surface area contributed by atoms with Gasteiger partial charge in [0, 0.05) is 5.56 Å². The first-order valence-corrected chi connectivity index (χ1v) is 13.7. The molecule has 0 N–H and O–H groups in total. The molecule has 0 spiro atoms. The summed E-state index contributed by atoms with van der Waals surface area (Å²) in [7, 11) is 0. The van der Waals surface area contributed by atoms with Crippen molar-refractivity contribution in [3.63, 3.8) is 0 Å². The van der Waals surface area contributed by atoms with Gasteiger partial charge in [-0.2, -0.15) is 5.26 Å². The Kier molecular flexibility index (Phi) is 6.30. The third-order valence-electron chi connectivity index (χ3n) is 9.03. The predicted octanol–water partition coefficient (Wildman–Crippen LogP) is 8.48. The molecule has 1 fully saturated rings. The number of benzene rings is 3. The standard InChI is InChI=1S/C34H38N4/c1-9-14-33(7)20-34(33,8)30-13-11-10-12-28(30)32-37-36-25(6)38(32)31-23(4)17-27(18-24(31)5)26-15-21(2)29(19-35)22(3)16-26/h10-13,15-18H,9,14,20H2,1-8H3/t33-,34?/m1/s1. The van der Waals surface area contributed by atoms with Crippen LogP contribution in [0.15, 0.2) is 48.5 Å². The molecule has 1 aliphatic carbocycles. The molecule has 1 aromatic heterocycles. The molecular formula is C34H38N4. The van der Waals surface area contributed by atoms with Crippen molar-refractivity contribution >= 4 is 0 Å². The normalized spacial score (nSPS) is 20.4. The highest BCUT2D eigenvalue weighted by molar-refractivity contribution is 5.73. The summed E-state index contributed by atoms with van der Waals surface area (Å²) in [5.74, 6) is 1.80. The van der Waals surface area contributed by atoms with Crippen LogP contribution < -0.4 is 0 Å². The van der Waals surface area contributed by atoms with E-state index in [0.29, 0.717) is 5.41 Å². The van der Waals surface area contributed by atoms with Gasteiger partial charge in [-0.3, -0.25) is 4.57 Å². The fourth-order valence-electron chi connectivity index (χ4n) is 6.82. The fourth-order valence-corrected chi connectivity index (χ4v) is 6.82. The van der Waals surface area contributed by atoms with Crippen molar-refractivity contribution < 1.29 is 0 Å². The van der Waals surface area contributed by atoms with E-state index in [1.807, 2.05) is 20.8 Å². The molecule has 38 heavy (non-hydrogen) atoms. The van der Waals surface area contributed by atoms with Gasteiger partial charge in [0.2, 0.25) is 0 Å². The molecule has 0 saturated heterocycles. The minimum Gasteiger partial charge on any atom is -0.279 e. The lowest BCUT2D eigenvalue weighted by molar-refractivity contribution is 0.435. The van der Waals surface area contributed by atoms with Gasteiger partial charge in [0.1, 0.15) is 5.82 Å². The molecule has 4 heteroatoms. The zero-order valence-corrected chi connectivity index (χ0v) is 24.0. The molecule has 194 valence electrons. The van der Waals surface area contributed by atoms with Crippen molar-refractivity contribution in [3.05, 3.63) is 87.7 Å². The maximum absolute atomic E-state index is 9.50.